The van der Waals surface area contributed by atoms with E-state index in [9.17, 15) is 4.79 Å². The number of thiophene rings is 1. The fourth-order valence-electron chi connectivity index (χ4n) is 3.27. The number of nitrogens with zero attached hydrogens (tertiary/aromatic N) is 2. The molecule has 2 fully saturated rings. The van der Waals surface area contributed by atoms with Gasteiger partial charge in [-0.1, -0.05) is 0 Å². The van der Waals surface area contributed by atoms with Gasteiger partial charge in [-0.25, -0.2) is 0 Å². The van der Waals surface area contributed by atoms with E-state index in [0.29, 0.717) is 12.6 Å². The molecule has 0 N–H and O–H groups in total. The summed E-state index contributed by atoms with van der Waals surface area (Å²) in [7, 11) is 2.24. The minimum Gasteiger partial charge on any atom is -0.299 e. The van der Waals surface area contributed by atoms with Crippen LogP contribution in [0.2, 0.25) is 0 Å². The standard InChI is InChI=1S/C14H19BrN2OS/c1-16-10-2-3-11(16)8-17(7-6-10)9-12(18)13-4-5-14(15)19-13/h4-5,10-11H,2-3,6-9H2,1H3. The van der Waals surface area contributed by atoms with Crippen LogP contribution in [0.15, 0.2) is 15.9 Å². The predicted octanol–water partition coefficient (Wildman–Crippen LogP) is 2.86. The Kier molecular flexibility index (Phi) is 4.08. The largest absolute Gasteiger partial charge is 0.299 e. The summed E-state index contributed by atoms with van der Waals surface area (Å²) in [5.41, 5.74) is 0. The molecule has 104 valence electrons. The summed E-state index contributed by atoms with van der Waals surface area (Å²) in [6.45, 7) is 2.68. The number of halogens is 1. The zero-order valence-electron chi connectivity index (χ0n) is 11.1. The van der Waals surface area contributed by atoms with Gasteiger partial charge >= 0.3 is 0 Å². The number of rotatable bonds is 3. The molecular formula is C14H19BrN2OS. The quantitative estimate of drug-likeness (QED) is 0.789. The smallest absolute Gasteiger partial charge is 0.186 e. The van der Waals surface area contributed by atoms with E-state index in [1.807, 2.05) is 12.1 Å². The van der Waals surface area contributed by atoms with Crippen molar-refractivity contribution < 1.29 is 4.79 Å². The summed E-state index contributed by atoms with van der Waals surface area (Å²) in [6.07, 6.45) is 3.83. The van der Waals surface area contributed by atoms with E-state index in [1.165, 1.54) is 30.6 Å². The minimum absolute atomic E-state index is 0.260. The molecule has 2 saturated heterocycles. The second-order valence-electron chi connectivity index (χ2n) is 5.60. The molecule has 0 spiro atoms. The van der Waals surface area contributed by atoms with Gasteiger partial charge < -0.3 is 0 Å². The van der Waals surface area contributed by atoms with E-state index in [-0.39, 0.29) is 5.78 Å². The minimum atomic E-state index is 0.260. The molecular weight excluding hydrogens is 324 g/mol. The van der Waals surface area contributed by atoms with Gasteiger partial charge in [-0.05, 0) is 54.4 Å². The number of ketones is 1. The second-order valence-corrected chi connectivity index (χ2v) is 8.06. The van der Waals surface area contributed by atoms with Gasteiger partial charge in [-0.15, -0.1) is 11.3 Å². The van der Waals surface area contributed by atoms with Crippen LogP contribution in [0.25, 0.3) is 0 Å². The van der Waals surface area contributed by atoms with Crippen LogP contribution in [-0.2, 0) is 0 Å². The highest BCUT2D eigenvalue weighted by Gasteiger charge is 2.34. The SMILES string of the molecule is CN1C2CCC1CN(CC(=O)c1ccc(Br)s1)CC2. The molecule has 3 heterocycles. The fourth-order valence-corrected chi connectivity index (χ4v) is 4.58. The molecule has 0 amide bonds. The highest BCUT2D eigenvalue weighted by molar-refractivity contribution is 9.11. The van der Waals surface area contributed by atoms with Crippen LogP contribution in [0, 0.1) is 0 Å². The van der Waals surface area contributed by atoms with E-state index in [4.69, 9.17) is 0 Å². The lowest BCUT2D eigenvalue weighted by Gasteiger charge is -2.24. The Morgan fingerprint density at radius 3 is 2.89 bits per heavy atom. The molecule has 19 heavy (non-hydrogen) atoms. The van der Waals surface area contributed by atoms with Crippen LogP contribution in [0.3, 0.4) is 0 Å². The third-order valence-corrected chi connectivity index (χ3v) is 6.11. The molecule has 3 nitrogen and oxygen atoms in total. The molecule has 0 radical (unpaired) electrons. The lowest BCUT2D eigenvalue weighted by molar-refractivity contribution is 0.0927. The number of likely N-dealkylation sites (N-methyl/N-ethyl adjacent to an activating group) is 1. The van der Waals surface area contributed by atoms with Gasteiger partial charge in [-0.2, -0.15) is 0 Å². The van der Waals surface area contributed by atoms with Crippen LogP contribution in [0.4, 0.5) is 0 Å². The average molecular weight is 343 g/mol. The molecule has 0 saturated carbocycles. The molecule has 3 rings (SSSR count). The molecule has 2 aliphatic rings. The van der Waals surface area contributed by atoms with E-state index in [2.05, 4.69) is 32.8 Å². The summed E-state index contributed by atoms with van der Waals surface area (Å²) >= 11 is 4.95. The zero-order valence-corrected chi connectivity index (χ0v) is 13.5. The van der Waals surface area contributed by atoms with Crippen molar-refractivity contribution in [2.75, 3.05) is 26.7 Å². The monoisotopic (exact) mass is 342 g/mol. The highest BCUT2D eigenvalue weighted by atomic mass is 79.9. The maximum absolute atomic E-state index is 12.3. The number of fused-ring (bicyclic) bond motifs is 2. The van der Waals surface area contributed by atoms with Crippen molar-refractivity contribution in [3.05, 3.63) is 20.8 Å². The Morgan fingerprint density at radius 1 is 1.37 bits per heavy atom. The molecule has 2 unspecified atom stereocenters. The Morgan fingerprint density at radius 2 is 2.16 bits per heavy atom. The molecule has 5 heteroatoms. The van der Waals surface area contributed by atoms with E-state index >= 15 is 0 Å². The molecule has 1 aromatic heterocycles. The number of Topliss-reactive ketones (excluding diaryl/α,β-unsaturated/α-hetero) is 1. The first kappa shape index (κ1) is 13.7. The van der Waals surface area contributed by atoms with E-state index < -0.39 is 0 Å². The topological polar surface area (TPSA) is 23.6 Å². The summed E-state index contributed by atoms with van der Waals surface area (Å²) in [4.78, 5) is 18.0. The van der Waals surface area contributed by atoms with Crippen LogP contribution in [0.5, 0.6) is 0 Å². The molecule has 1 aromatic rings. The fraction of sp³-hybridized carbons (Fsp3) is 0.643. The maximum atomic E-state index is 12.3. The highest BCUT2D eigenvalue weighted by Crippen LogP contribution is 2.29. The number of carbonyl (C=O) groups is 1. The Balaban J connectivity index is 1.63. The molecule has 2 atom stereocenters. The van der Waals surface area contributed by atoms with Gasteiger partial charge in [0.05, 0.1) is 15.2 Å². The van der Waals surface area contributed by atoms with Crippen molar-refractivity contribution >= 4 is 33.0 Å². The zero-order chi connectivity index (χ0) is 13.4. The lowest BCUT2D eigenvalue weighted by Crippen LogP contribution is -2.38. The summed E-state index contributed by atoms with van der Waals surface area (Å²) in [5, 5.41) is 0. The van der Waals surface area contributed by atoms with Gasteiger partial charge in [0, 0.05) is 25.2 Å². The first-order valence-corrected chi connectivity index (χ1v) is 8.47. The van der Waals surface area contributed by atoms with Gasteiger partial charge in [-0.3, -0.25) is 14.6 Å². The maximum Gasteiger partial charge on any atom is 0.186 e. The van der Waals surface area contributed by atoms with Crippen LogP contribution >= 0.6 is 27.3 Å². The molecule has 0 aromatic carbocycles. The van der Waals surface area contributed by atoms with E-state index in [0.717, 1.165) is 27.8 Å². The van der Waals surface area contributed by atoms with Gasteiger partial charge in [0.2, 0.25) is 0 Å². The van der Waals surface area contributed by atoms with Crippen LogP contribution < -0.4 is 0 Å². The van der Waals surface area contributed by atoms with Crippen molar-refractivity contribution in [3.8, 4) is 0 Å². The van der Waals surface area contributed by atoms with Crippen LogP contribution in [0.1, 0.15) is 28.9 Å². The van der Waals surface area contributed by atoms with Crippen molar-refractivity contribution in [1.82, 2.24) is 9.80 Å². The van der Waals surface area contributed by atoms with Gasteiger partial charge in [0.15, 0.2) is 5.78 Å². The number of hydrogen-bond acceptors (Lipinski definition) is 4. The Bertz CT molecular complexity index is 476. The molecule has 2 bridgehead atoms. The van der Waals surface area contributed by atoms with Gasteiger partial charge in [0.25, 0.3) is 0 Å². The van der Waals surface area contributed by atoms with Crippen LogP contribution in [-0.4, -0.2) is 54.3 Å². The normalized spacial score (nSPS) is 28.5. The first-order valence-electron chi connectivity index (χ1n) is 6.86. The first-order chi connectivity index (χ1) is 9.13. The van der Waals surface area contributed by atoms with Crippen molar-refractivity contribution in [2.45, 2.75) is 31.3 Å². The number of likely N-dealkylation sites (tertiary alicyclic amines) is 1. The summed E-state index contributed by atoms with van der Waals surface area (Å²) < 4.78 is 1.03. The van der Waals surface area contributed by atoms with Crippen molar-refractivity contribution in [2.24, 2.45) is 0 Å². The number of hydrogen-bond donors (Lipinski definition) is 0. The van der Waals surface area contributed by atoms with Crippen molar-refractivity contribution in [1.29, 1.82) is 0 Å². The Labute approximate surface area is 126 Å². The van der Waals surface area contributed by atoms with E-state index in [1.54, 1.807) is 0 Å². The number of carbonyl (C=O) groups excluding carboxylic acids is 1. The molecule has 0 aliphatic carbocycles. The lowest BCUT2D eigenvalue weighted by atomic mass is 10.1. The third kappa shape index (κ3) is 2.94. The summed E-state index contributed by atoms with van der Waals surface area (Å²) in [5.74, 6) is 0.260. The summed E-state index contributed by atoms with van der Waals surface area (Å²) in [6, 6.07) is 5.26. The predicted molar refractivity (Wildman–Crippen MR) is 82.0 cm³/mol. The second kappa shape index (κ2) is 5.64. The molecule has 2 aliphatic heterocycles. The average Bonchev–Trinajstić information content (AvgIpc) is 2.88. The van der Waals surface area contributed by atoms with Crippen molar-refractivity contribution in [3.63, 3.8) is 0 Å². The Hall–Kier alpha value is -0.230. The van der Waals surface area contributed by atoms with Gasteiger partial charge in [0.1, 0.15) is 0 Å². The third-order valence-electron chi connectivity index (χ3n) is 4.45.